The third-order valence-electron chi connectivity index (χ3n) is 3.72. The first-order valence-corrected chi connectivity index (χ1v) is 7.69. The zero-order valence-corrected chi connectivity index (χ0v) is 13.3. The first-order chi connectivity index (χ1) is 12.2. The van der Waals surface area contributed by atoms with Crippen LogP contribution in [0.5, 0.6) is 0 Å². The molecule has 0 radical (unpaired) electrons. The Kier molecular flexibility index (Phi) is 4.86. The zero-order valence-electron chi connectivity index (χ0n) is 13.3. The molecule has 0 aliphatic rings. The smallest absolute Gasteiger partial charge is 0.249 e. The summed E-state index contributed by atoms with van der Waals surface area (Å²) in [6, 6.07) is 17.4. The van der Waals surface area contributed by atoms with Gasteiger partial charge in [0.2, 0.25) is 5.91 Å². The minimum absolute atomic E-state index is 0.0360. The minimum Gasteiger partial charge on any atom is -0.329 e. The number of hydrogen-bond donors (Lipinski definition) is 1. The first kappa shape index (κ1) is 16.4. The molecule has 1 N–H and O–H groups in total. The summed E-state index contributed by atoms with van der Waals surface area (Å²) in [4.78, 5) is 16.6. The van der Waals surface area contributed by atoms with Crippen LogP contribution in [0.4, 0.5) is 10.1 Å². The standard InChI is InChI=1S/C19H15FN4O/c20-16-8-4-5-9-17(16)23-19(25)15(12-21)18-22-10-11-24(18)13-14-6-2-1-3-7-14/h1-11,15H,13H2,(H,23,25). The van der Waals surface area contributed by atoms with Gasteiger partial charge in [-0.1, -0.05) is 42.5 Å². The first-order valence-electron chi connectivity index (χ1n) is 7.69. The molecule has 0 fully saturated rings. The number of rotatable bonds is 5. The second kappa shape index (κ2) is 7.41. The lowest BCUT2D eigenvalue weighted by molar-refractivity contribution is -0.116. The summed E-state index contributed by atoms with van der Waals surface area (Å²) in [7, 11) is 0. The highest BCUT2D eigenvalue weighted by molar-refractivity contribution is 5.97. The van der Waals surface area contributed by atoms with Crippen molar-refractivity contribution in [3.05, 3.63) is 84.2 Å². The van der Waals surface area contributed by atoms with E-state index in [4.69, 9.17) is 0 Å². The average molecular weight is 334 g/mol. The topological polar surface area (TPSA) is 70.7 Å². The number of benzene rings is 2. The normalized spacial score (nSPS) is 11.5. The number of carbonyl (C=O) groups is 1. The van der Waals surface area contributed by atoms with Crippen LogP contribution in [0.1, 0.15) is 17.3 Å². The Bertz CT molecular complexity index is 914. The highest BCUT2D eigenvalue weighted by atomic mass is 19.1. The molecular weight excluding hydrogens is 319 g/mol. The number of nitriles is 1. The molecule has 124 valence electrons. The third-order valence-corrected chi connectivity index (χ3v) is 3.72. The van der Waals surface area contributed by atoms with Crippen molar-refractivity contribution in [2.75, 3.05) is 5.32 Å². The van der Waals surface area contributed by atoms with E-state index in [0.717, 1.165) is 5.56 Å². The van der Waals surface area contributed by atoms with Gasteiger partial charge in [-0.05, 0) is 17.7 Å². The van der Waals surface area contributed by atoms with E-state index < -0.39 is 17.6 Å². The second-order valence-electron chi connectivity index (χ2n) is 5.43. The Labute approximate surface area is 144 Å². The Morgan fingerprint density at radius 1 is 1.20 bits per heavy atom. The fourth-order valence-electron chi connectivity index (χ4n) is 2.50. The number of carbonyl (C=O) groups excluding carboxylic acids is 1. The molecule has 6 heteroatoms. The molecule has 2 aromatic carbocycles. The van der Waals surface area contributed by atoms with Crippen molar-refractivity contribution in [2.24, 2.45) is 0 Å². The van der Waals surface area contributed by atoms with E-state index >= 15 is 0 Å². The van der Waals surface area contributed by atoms with Crippen molar-refractivity contribution in [3.63, 3.8) is 0 Å². The lowest BCUT2D eigenvalue weighted by atomic mass is 10.1. The Hall–Kier alpha value is -3.46. The van der Waals surface area contributed by atoms with Crippen molar-refractivity contribution in [2.45, 2.75) is 12.5 Å². The molecule has 5 nitrogen and oxygen atoms in total. The molecule has 1 unspecified atom stereocenters. The summed E-state index contributed by atoms with van der Waals surface area (Å²) >= 11 is 0. The molecule has 3 rings (SSSR count). The van der Waals surface area contributed by atoms with Gasteiger partial charge in [0, 0.05) is 18.9 Å². The van der Waals surface area contributed by atoms with Crippen molar-refractivity contribution in [1.29, 1.82) is 5.26 Å². The maximum Gasteiger partial charge on any atom is 0.249 e. The van der Waals surface area contributed by atoms with Gasteiger partial charge in [0.05, 0.1) is 11.8 Å². The number of aromatic nitrogens is 2. The SMILES string of the molecule is N#CC(C(=O)Nc1ccccc1F)c1nccn1Cc1ccccc1. The van der Waals surface area contributed by atoms with Crippen molar-refractivity contribution in [3.8, 4) is 6.07 Å². The van der Waals surface area contributed by atoms with E-state index in [0.29, 0.717) is 12.4 Å². The van der Waals surface area contributed by atoms with Crippen LogP contribution in [0.15, 0.2) is 67.0 Å². The molecule has 0 saturated carbocycles. The number of imidazole rings is 1. The van der Waals surface area contributed by atoms with Crippen LogP contribution in [-0.4, -0.2) is 15.5 Å². The Morgan fingerprint density at radius 2 is 1.92 bits per heavy atom. The number of amides is 1. The molecule has 25 heavy (non-hydrogen) atoms. The number of anilines is 1. The highest BCUT2D eigenvalue weighted by Gasteiger charge is 2.25. The van der Waals surface area contributed by atoms with E-state index in [1.807, 2.05) is 36.4 Å². The van der Waals surface area contributed by atoms with Gasteiger partial charge in [-0.3, -0.25) is 4.79 Å². The van der Waals surface area contributed by atoms with E-state index in [9.17, 15) is 14.4 Å². The lowest BCUT2D eigenvalue weighted by Crippen LogP contribution is -2.23. The molecule has 1 heterocycles. The summed E-state index contributed by atoms with van der Waals surface area (Å²) in [6.45, 7) is 0.487. The lowest BCUT2D eigenvalue weighted by Gasteiger charge is -2.13. The molecular formula is C19H15FN4O. The summed E-state index contributed by atoms with van der Waals surface area (Å²) in [5.74, 6) is -1.99. The van der Waals surface area contributed by atoms with Gasteiger partial charge >= 0.3 is 0 Å². The molecule has 1 amide bonds. The summed E-state index contributed by atoms with van der Waals surface area (Å²) in [5, 5.41) is 11.9. The molecule has 1 aromatic heterocycles. The second-order valence-corrected chi connectivity index (χ2v) is 5.43. The van der Waals surface area contributed by atoms with Crippen molar-refractivity contribution < 1.29 is 9.18 Å². The van der Waals surface area contributed by atoms with Gasteiger partial charge in [0.1, 0.15) is 11.6 Å². The van der Waals surface area contributed by atoms with E-state index in [-0.39, 0.29) is 5.69 Å². The molecule has 1 atom stereocenters. The molecule has 0 aliphatic heterocycles. The van der Waals surface area contributed by atoms with Crippen LogP contribution in [0.2, 0.25) is 0 Å². The minimum atomic E-state index is -1.14. The zero-order chi connectivity index (χ0) is 17.6. The van der Waals surface area contributed by atoms with Gasteiger partial charge in [-0.15, -0.1) is 0 Å². The predicted octanol–water partition coefficient (Wildman–Crippen LogP) is 3.32. The van der Waals surface area contributed by atoms with Crippen LogP contribution >= 0.6 is 0 Å². The molecule has 3 aromatic rings. The summed E-state index contributed by atoms with van der Waals surface area (Å²) < 4.78 is 15.4. The van der Waals surface area contributed by atoms with Crippen LogP contribution in [-0.2, 0) is 11.3 Å². The largest absolute Gasteiger partial charge is 0.329 e. The maximum absolute atomic E-state index is 13.7. The molecule has 0 spiro atoms. The summed E-state index contributed by atoms with van der Waals surface area (Å²) in [5.41, 5.74) is 1.06. The van der Waals surface area contributed by atoms with E-state index in [1.165, 1.54) is 18.2 Å². The fraction of sp³-hybridized carbons (Fsp3) is 0.105. The number of nitrogens with zero attached hydrogens (tertiary/aromatic N) is 3. The number of halogens is 1. The van der Waals surface area contributed by atoms with Crippen molar-refractivity contribution in [1.82, 2.24) is 9.55 Å². The van der Waals surface area contributed by atoms with Crippen LogP contribution < -0.4 is 5.32 Å². The average Bonchev–Trinajstić information content (AvgIpc) is 3.06. The quantitative estimate of drug-likeness (QED) is 0.778. The van der Waals surface area contributed by atoms with Crippen molar-refractivity contribution >= 4 is 11.6 Å². The fourth-order valence-corrected chi connectivity index (χ4v) is 2.50. The number of nitrogens with one attached hydrogen (secondary N) is 1. The molecule has 0 bridgehead atoms. The van der Waals surface area contributed by atoms with Crippen LogP contribution in [0.25, 0.3) is 0 Å². The monoisotopic (exact) mass is 334 g/mol. The van der Waals surface area contributed by atoms with Crippen LogP contribution in [0.3, 0.4) is 0 Å². The van der Waals surface area contributed by atoms with E-state index in [1.54, 1.807) is 23.0 Å². The predicted molar refractivity (Wildman–Crippen MR) is 91.2 cm³/mol. The number of para-hydroxylation sites is 1. The third kappa shape index (κ3) is 3.72. The molecule has 0 saturated heterocycles. The van der Waals surface area contributed by atoms with Crippen LogP contribution in [0, 0.1) is 17.1 Å². The highest BCUT2D eigenvalue weighted by Crippen LogP contribution is 2.19. The number of hydrogen-bond acceptors (Lipinski definition) is 3. The van der Waals surface area contributed by atoms with Gasteiger partial charge in [-0.25, -0.2) is 9.37 Å². The maximum atomic E-state index is 13.7. The van der Waals surface area contributed by atoms with Gasteiger partial charge < -0.3 is 9.88 Å². The van der Waals surface area contributed by atoms with Gasteiger partial charge in [0.25, 0.3) is 0 Å². The van der Waals surface area contributed by atoms with Gasteiger partial charge in [-0.2, -0.15) is 5.26 Å². The van der Waals surface area contributed by atoms with Gasteiger partial charge in [0.15, 0.2) is 5.92 Å². The Morgan fingerprint density at radius 3 is 2.64 bits per heavy atom. The Balaban J connectivity index is 1.82. The summed E-state index contributed by atoms with van der Waals surface area (Å²) in [6.07, 6.45) is 3.25. The molecule has 0 aliphatic carbocycles. The van der Waals surface area contributed by atoms with E-state index in [2.05, 4.69) is 10.3 Å².